The minimum atomic E-state index is -0.922. The fourth-order valence-corrected chi connectivity index (χ4v) is 0.607. The first-order valence-corrected chi connectivity index (χ1v) is 3.41. The summed E-state index contributed by atoms with van der Waals surface area (Å²) < 4.78 is 0. The summed E-state index contributed by atoms with van der Waals surface area (Å²) in [5.74, 6) is -0.506. The SMILES string of the molecule is CC(C)C(C)(NC#N)C(N)=O. The number of carbonyl (C=O) groups is 1. The molecule has 0 heterocycles. The van der Waals surface area contributed by atoms with Crippen LogP contribution >= 0.6 is 0 Å². The van der Waals surface area contributed by atoms with Gasteiger partial charge in [-0.15, -0.1) is 0 Å². The highest BCUT2D eigenvalue weighted by Crippen LogP contribution is 2.14. The van der Waals surface area contributed by atoms with Crippen LogP contribution < -0.4 is 11.1 Å². The maximum Gasteiger partial charge on any atom is 0.243 e. The molecular weight excluding hydrogens is 142 g/mol. The summed E-state index contributed by atoms with van der Waals surface area (Å²) in [4.78, 5) is 10.9. The number of amides is 1. The highest BCUT2D eigenvalue weighted by molar-refractivity contribution is 5.84. The predicted octanol–water partition coefficient (Wildman–Crippen LogP) is -0.0429. The maximum absolute atomic E-state index is 10.9. The molecule has 0 aromatic heterocycles. The quantitative estimate of drug-likeness (QED) is 0.443. The number of primary amides is 1. The number of hydrogen-bond donors (Lipinski definition) is 2. The van der Waals surface area contributed by atoms with E-state index in [0.717, 1.165) is 0 Å². The molecule has 4 nitrogen and oxygen atoms in total. The van der Waals surface area contributed by atoms with Gasteiger partial charge < -0.3 is 11.1 Å². The lowest BCUT2D eigenvalue weighted by Crippen LogP contribution is -2.54. The van der Waals surface area contributed by atoms with Gasteiger partial charge in [0.1, 0.15) is 5.54 Å². The fraction of sp³-hybridized carbons (Fsp3) is 0.714. The van der Waals surface area contributed by atoms with Crippen molar-refractivity contribution in [2.45, 2.75) is 26.3 Å². The summed E-state index contributed by atoms with van der Waals surface area (Å²) in [7, 11) is 0. The topological polar surface area (TPSA) is 78.9 Å². The first kappa shape index (κ1) is 9.76. The number of nitrogens with one attached hydrogen (secondary N) is 1. The van der Waals surface area contributed by atoms with E-state index in [0.29, 0.717) is 0 Å². The fourth-order valence-electron chi connectivity index (χ4n) is 0.607. The van der Waals surface area contributed by atoms with E-state index >= 15 is 0 Å². The van der Waals surface area contributed by atoms with Crippen molar-refractivity contribution in [1.82, 2.24) is 5.32 Å². The van der Waals surface area contributed by atoms with Crippen LogP contribution in [0.25, 0.3) is 0 Å². The van der Waals surface area contributed by atoms with Gasteiger partial charge in [0.2, 0.25) is 5.91 Å². The number of carbonyl (C=O) groups excluding carboxylic acids is 1. The van der Waals surface area contributed by atoms with Gasteiger partial charge in [0, 0.05) is 0 Å². The Morgan fingerprint density at radius 2 is 2.18 bits per heavy atom. The highest BCUT2D eigenvalue weighted by Gasteiger charge is 2.34. The smallest absolute Gasteiger partial charge is 0.243 e. The van der Waals surface area contributed by atoms with Crippen LogP contribution in [0.15, 0.2) is 0 Å². The van der Waals surface area contributed by atoms with E-state index in [2.05, 4.69) is 5.32 Å². The monoisotopic (exact) mass is 155 g/mol. The molecule has 0 rings (SSSR count). The molecule has 0 aromatic rings. The molecule has 0 bridgehead atoms. The number of hydrogen-bond acceptors (Lipinski definition) is 3. The van der Waals surface area contributed by atoms with Crippen molar-refractivity contribution in [3.63, 3.8) is 0 Å². The van der Waals surface area contributed by atoms with Gasteiger partial charge in [-0.05, 0) is 12.8 Å². The zero-order valence-corrected chi connectivity index (χ0v) is 7.01. The zero-order valence-electron chi connectivity index (χ0n) is 7.01. The van der Waals surface area contributed by atoms with Crippen molar-refractivity contribution >= 4 is 5.91 Å². The Hall–Kier alpha value is -1.24. The summed E-state index contributed by atoms with van der Waals surface area (Å²) in [5.41, 5.74) is 4.18. The van der Waals surface area contributed by atoms with Crippen LogP contribution in [0.4, 0.5) is 0 Å². The average molecular weight is 155 g/mol. The van der Waals surface area contributed by atoms with Crippen molar-refractivity contribution in [3.05, 3.63) is 0 Å². The Morgan fingerprint density at radius 3 is 2.27 bits per heavy atom. The Balaban J connectivity index is 4.55. The molecule has 0 spiro atoms. The van der Waals surface area contributed by atoms with E-state index in [4.69, 9.17) is 11.0 Å². The average Bonchev–Trinajstić information content (AvgIpc) is 1.87. The van der Waals surface area contributed by atoms with E-state index in [1.54, 1.807) is 13.1 Å². The van der Waals surface area contributed by atoms with Gasteiger partial charge in [-0.25, -0.2) is 0 Å². The van der Waals surface area contributed by atoms with Crippen LogP contribution in [-0.4, -0.2) is 11.4 Å². The molecule has 0 aliphatic rings. The van der Waals surface area contributed by atoms with E-state index in [-0.39, 0.29) is 5.92 Å². The molecule has 11 heavy (non-hydrogen) atoms. The predicted molar refractivity (Wildman–Crippen MR) is 41.2 cm³/mol. The van der Waals surface area contributed by atoms with Gasteiger partial charge in [0.15, 0.2) is 6.19 Å². The Morgan fingerprint density at radius 1 is 1.73 bits per heavy atom. The second-order valence-corrected chi connectivity index (χ2v) is 2.96. The van der Waals surface area contributed by atoms with Gasteiger partial charge in [0.25, 0.3) is 0 Å². The van der Waals surface area contributed by atoms with Gasteiger partial charge in [0.05, 0.1) is 0 Å². The van der Waals surface area contributed by atoms with Gasteiger partial charge in [-0.2, -0.15) is 5.26 Å². The van der Waals surface area contributed by atoms with Crippen LogP contribution in [0.5, 0.6) is 0 Å². The number of nitrogens with zero attached hydrogens (tertiary/aromatic N) is 1. The van der Waals surface area contributed by atoms with Crippen LogP contribution in [0.2, 0.25) is 0 Å². The van der Waals surface area contributed by atoms with E-state index in [9.17, 15) is 4.79 Å². The first-order chi connectivity index (χ1) is 4.95. The zero-order chi connectivity index (χ0) is 9.07. The van der Waals surface area contributed by atoms with E-state index in [1.807, 2.05) is 13.8 Å². The lowest BCUT2D eigenvalue weighted by Gasteiger charge is -2.28. The standard InChI is InChI=1S/C7H13N3O/c1-5(2)7(3,6(9)11)10-4-8/h5,10H,1-3H3,(H2,9,11). The summed E-state index contributed by atoms with van der Waals surface area (Å²) in [6, 6.07) is 0. The molecular formula is C7H13N3O. The molecule has 0 saturated heterocycles. The molecule has 4 heteroatoms. The van der Waals surface area contributed by atoms with Crippen molar-refractivity contribution in [2.24, 2.45) is 11.7 Å². The summed E-state index contributed by atoms with van der Waals surface area (Å²) in [5, 5.41) is 10.7. The van der Waals surface area contributed by atoms with Crippen LogP contribution in [0.3, 0.4) is 0 Å². The molecule has 0 saturated carbocycles. The van der Waals surface area contributed by atoms with Gasteiger partial charge in [-0.3, -0.25) is 4.79 Å². The van der Waals surface area contributed by atoms with Gasteiger partial charge in [-0.1, -0.05) is 13.8 Å². The van der Waals surface area contributed by atoms with Crippen molar-refractivity contribution in [1.29, 1.82) is 5.26 Å². The van der Waals surface area contributed by atoms with Crippen molar-refractivity contribution in [3.8, 4) is 6.19 Å². The largest absolute Gasteiger partial charge is 0.368 e. The molecule has 0 aliphatic carbocycles. The van der Waals surface area contributed by atoms with E-state index in [1.165, 1.54) is 0 Å². The second kappa shape index (κ2) is 3.24. The third-order valence-corrected chi connectivity index (χ3v) is 1.98. The molecule has 0 fully saturated rings. The Labute approximate surface area is 66.4 Å². The first-order valence-electron chi connectivity index (χ1n) is 3.41. The minimum absolute atomic E-state index is 0.000324. The van der Waals surface area contributed by atoms with Crippen LogP contribution in [0, 0.1) is 17.4 Å². The third-order valence-electron chi connectivity index (χ3n) is 1.98. The van der Waals surface area contributed by atoms with Crippen LogP contribution in [-0.2, 0) is 4.79 Å². The van der Waals surface area contributed by atoms with E-state index < -0.39 is 11.4 Å². The van der Waals surface area contributed by atoms with Crippen LogP contribution in [0.1, 0.15) is 20.8 Å². The number of nitriles is 1. The summed E-state index contributed by atoms with van der Waals surface area (Å²) in [6.07, 6.45) is 1.72. The van der Waals surface area contributed by atoms with Crippen molar-refractivity contribution in [2.75, 3.05) is 0 Å². The normalized spacial score (nSPS) is 15.2. The van der Waals surface area contributed by atoms with Gasteiger partial charge >= 0.3 is 0 Å². The van der Waals surface area contributed by atoms with Crippen molar-refractivity contribution < 1.29 is 4.79 Å². The lowest BCUT2D eigenvalue weighted by atomic mass is 9.88. The molecule has 1 atom stereocenters. The third kappa shape index (κ3) is 1.84. The summed E-state index contributed by atoms with van der Waals surface area (Å²) in [6.45, 7) is 5.27. The maximum atomic E-state index is 10.9. The Bertz CT molecular complexity index is 194. The minimum Gasteiger partial charge on any atom is -0.368 e. The molecule has 3 N–H and O–H groups in total. The molecule has 0 aliphatic heterocycles. The molecule has 1 amide bonds. The molecule has 0 aromatic carbocycles. The molecule has 1 unspecified atom stereocenters. The molecule has 62 valence electrons. The summed E-state index contributed by atoms with van der Waals surface area (Å²) >= 11 is 0. The number of rotatable bonds is 3. The lowest BCUT2D eigenvalue weighted by molar-refractivity contribution is -0.124. The Kier molecular flexibility index (Phi) is 2.87. The second-order valence-electron chi connectivity index (χ2n) is 2.96. The highest BCUT2D eigenvalue weighted by atomic mass is 16.1. The molecule has 0 radical (unpaired) electrons. The number of nitrogens with two attached hydrogens (primary N) is 1.